The summed E-state index contributed by atoms with van der Waals surface area (Å²) in [6.07, 6.45) is 1.95. The van der Waals surface area contributed by atoms with Gasteiger partial charge in [-0.05, 0) is 110 Å². The van der Waals surface area contributed by atoms with E-state index in [0.29, 0.717) is 39.2 Å². The number of halogens is 1. The number of aromatic nitrogens is 2. The van der Waals surface area contributed by atoms with Crippen molar-refractivity contribution in [1.29, 1.82) is 0 Å². The van der Waals surface area contributed by atoms with E-state index in [0.717, 1.165) is 16.5 Å². The van der Waals surface area contributed by atoms with Crippen LogP contribution in [0.1, 0.15) is 91.4 Å². The number of amides is 8. The number of carbonyl (C=O) groups is 8. The molecule has 4 heterocycles. The third-order valence-electron chi connectivity index (χ3n) is 16.2. The Morgan fingerprint density at radius 1 is 0.783 bits per heavy atom. The van der Waals surface area contributed by atoms with Crippen LogP contribution in [0.2, 0.25) is 0 Å². The van der Waals surface area contributed by atoms with E-state index in [4.69, 9.17) is 35.3 Å². The van der Waals surface area contributed by atoms with Gasteiger partial charge in [-0.3, -0.25) is 38.6 Å². The first kappa shape index (κ1) is 69.2. The number of likely N-dealkylation sites (tertiary alicyclic amines) is 1. The molecule has 8 rings (SSSR count). The maximum atomic E-state index is 14.7. The minimum atomic E-state index is -0.806. The van der Waals surface area contributed by atoms with Crippen LogP contribution in [-0.2, 0) is 44.7 Å². The molecule has 8 amide bonds. The third kappa shape index (κ3) is 17.3. The molecule has 2 aliphatic heterocycles. The highest BCUT2D eigenvalue weighted by molar-refractivity contribution is 6.19. The van der Waals surface area contributed by atoms with Gasteiger partial charge in [0.1, 0.15) is 35.5 Å². The van der Waals surface area contributed by atoms with Gasteiger partial charge in [0.25, 0.3) is 11.8 Å². The van der Waals surface area contributed by atoms with Crippen LogP contribution >= 0.6 is 11.6 Å². The largest absolute Gasteiger partial charge is 0.508 e. The van der Waals surface area contributed by atoms with Crippen LogP contribution in [0.3, 0.4) is 0 Å². The van der Waals surface area contributed by atoms with Crippen molar-refractivity contribution in [1.82, 2.24) is 34.3 Å². The van der Waals surface area contributed by atoms with Crippen LogP contribution in [0.25, 0.3) is 16.4 Å². The molecule has 1 fully saturated rings. The molecule has 0 bridgehead atoms. The van der Waals surface area contributed by atoms with Crippen molar-refractivity contribution in [2.24, 2.45) is 17.3 Å². The molecule has 0 radical (unpaired) electrons. The first-order chi connectivity index (χ1) is 43.8. The van der Waals surface area contributed by atoms with Crippen molar-refractivity contribution in [2.45, 2.75) is 79.5 Å². The number of phenols is 1. The summed E-state index contributed by atoms with van der Waals surface area (Å²) < 4.78 is 30.9. The van der Waals surface area contributed by atoms with Crippen molar-refractivity contribution in [3.05, 3.63) is 125 Å². The summed E-state index contributed by atoms with van der Waals surface area (Å²) in [6, 6.07) is 22.0. The van der Waals surface area contributed by atoms with Crippen LogP contribution in [0.15, 0.2) is 97.3 Å². The lowest BCUT2D eigenvalue weighted by atomic mass is 9.80. The number of nitrogens with one attached hydrogen (secondary N) is 3. The lowest BCUT2D eigenvalue weighted by molar-refractivity contribution is -0.141. The van der Waals surface area contributed by atoms with Crippen LogP contribution in [0.5, 0.6) is 11.5 Å². The topological polar surface area (TPSA) is 273 Å². The highest BCUT2D eigenvalue weighted by atomic mass is 35.5. The number of benzene rings is 4. The van der Waals surface area contributed by atoms with E-state index in [-0.39, 0.29) is 149 Å². The fraction of sp³-hybridized carbons (Fsp3) is 0.448. The van der Waals surface area contributed by atoms with Gasteiger partial charge in [-0.15, -0.1) is 11.6 Å². The maximum Gasteiger partial charge on any atom is 0.415 e. The molecule has 1 unspecified atom stereocenters. The summed E-state index contributed by atoms with van der Waals surface area (Å²) in [4.78, 5) is 119. The Bertz CT molecular complexity index is 3640. The normalized spacial score (nSPS) is 15.4. The van der Waals surface area contributed by atoms with Crippen molar-refractivity contribution < 1.29 is 67.1 Å². The zero-order valence-corrected chi connectivity index (χ0v) is 54.5. The number of hydrogen-bond donors (Lipinski definition) is 4. The fourth-order valence-corrected chi connectivity index (χ4v) is 11.4. The zero-order valence-electron chi connectivity index (χ0n) is 53.8. The number of aromatic hydroxyl groups is 1. The van der Waals surface area contributed by atoms with E-state index < -0.39 is 42.0 Å². The Hall–Kier alpha value is -8.68. The molecule has 4 atom stereocenters. The highest BCUT2D eigenvalue weighted by Crippen LogP contribution is 2.47. The Kier molecular flexibility index (Phi) is 23.4. The van der Waals surface area contributed by atoms with Gasteiger partial charge in [0.05, 0.1) is 69.5 Å². The molecule has 2 aliphatic rings. The molecule has 6 aromatic rings. The van der Waals surface area contributed by atoms with Gasteiger partial charge in [0.2, 0.25) is 23.6 Å². The van der Waals surface area contributed by atoms with Gasteiger partial charge >= 0.3 is 12.2 Å². The number of pyridine rings is 1. The van der Waals surface area contributed by atoms with Crippen LogP contribution in [0, 0.1) is 24.2 Å². The maximum absolute atomic E-state index is 14.7. The Labute approximate surface area is 540 Å². The third-order valence-corrected chi connectivity index (χ3v) is 16.6. The minimum absolute atomic E-state index is 0.00939. The lowest BCUT2D eigenvalue weighted by Gasteiger charge is -2.28. The molecule has 0 aliphatic carbocycles. The SMILES string of the molecule is Cc1cccc2c(OC(=O)N(CCOCCOCCOCCN3C(=O)CC(C(C)(C)C)C3=O)CCN(C)C(=O)OCc3ccc(NC(=O)[C@H](C)NC(=O)[C@H](C(C)C)N(C)C)cc3)cc3c(c12)[C@H](CCl)CN3C(=O)c1cn2cc(NC(=O)c3ccc(O)cc3)ccc2n1. The number of rotatable bonds is 28. The second-order valence-corrected chi connectivity index (χ2v) is 24.9. The van der Waals surface area contributed by atoms with Crippen molar-refractivity contribution >= 4 is 92.7 Å². The number of phenolic OH excluding ortho intramolecular Hbond substituents is 1. The fourth-order valence-electron chi connectivity index (χ4n) is 11.2. The first-order valence-corrected chi connectivity index (χ1v) is 31.2. The molecule has 1 saturated heterocycles. The number of anilines is 3. The Morgan fingerprint density at radius 3 is 2.11 bits per heavy atom. The number of imidazole rings is 1. The van der Waals surface area contributed by atoms with Gasteiger partial charge < -0.3 is 63.8 Å². The van der Waals surface area contributed by atoms with Gasteiger partial charge in [0, 0.05) is 86.5 Å². The molecule has 92 heavy (non-hydrogen) atoms. The van der Waals surface area contributed by atoms with Crippen molar-refractivity contribution in [3.63, 3.8) is 0 Å². The summed E-state index contributed by atoms with van der Waals surface area (Å²) in [5.74, 6) is -2.14. The van der Waals surface area contributed by atoms with E-state index in [2.05, 4.69) is 20.9 Å². The standard InChI is InChI=1S/C67H83ClN10O14/c1-41(2)59(73(8)9)62(83)69-43(4)60(81)70-47-18-14-44(15-19-47)40-91-65(86)74(10)24-25-75(26-28-88-30-32-90-33-31-89-29-27-77-56(80)34-51(63(77)84)67(5,6)7)66(87)92-54-35-53-58(57-42(3)12-11-13-50(54)57)46(36-68)37-78(53)64(85)52-39-76-38-48(20-23-55(76)72-52)71-61(82)45-16-21-49(79)22-17-45/h11-23,35,38-39,41,43,46,51,59,79H,24-34,36-37,40H2,1-10H3,(H,69,83)(H,70,81)(H,71,82)/t43-,46+,51?,59-/m0/s1. The number of fused-ring (bicyclic) bond motifs is 4. The molecule has 2 aromatic heterocycles. The number of aryl methyl sites for hydroxylation is 1. The van der Waals surface area contributed by atoms with Gasteiger partial charge in [-0.1, -0.05) is 65.0 Å². The van der Waals surface area contributed by atoms with E-state index in [1.54, 1.807) is 71.1 Å². The molecule has 0 saturated carbocycles. The molecule has 25 heteroatoms. The second kappa shape index (κ2) is 31.1. The molecule has 4 aromatic carbocycles. The predicted octanol–water partition coefficient (Wildman–Crippen LogP) is 8.31. The molecule has 0 spiro atoms. The number of ether oxygens (including phenoxy) is 5. The average molecular weight is 1290 g/mol. The first-order valence-electron chi connectivity index (χ1n) is 30.6. The highest BCUT2D eigenvalue weighted by Gasteiger charge is 2.44. The monoisotopic (exact) mass is 1290 g/mol. The van der Waals surface area contributed by atoms with Crippen LogP contribution < -0.4 is 25.6 Å². The van der Waals surface area contributed by atoms with Crippen LogP contribution in [0.4, 0.5) is 26.7 Å². The number of nitrogens with zero attached hydrogens (tertiary/aromatic N) is 7. The van der Waals surface area contributed by atoms with E-state index >= 15 is 0 Å². The summed E-state index contributed by atoms with van der Waals surface area (Å²) in [5.41, 5.74) is 4.26. The van der Waals surface area contributed by atoms with Gasteiger partial charge in [-0.25, -0.2) is 14.6 Å². The molecular weight excluding hydrogens is 1200 g/mol. The average Bonchev–Trinajstić information content (AvgIpc) is 1.53. The number of imide groups is 1. The van der Waals surface area contributed by atoms with E-state index in [1.807, 2.05) is 78.7 Å². The zero-order chi connectivity index (χ0) is 66.6. The smallest absolute Gasteiger partial charge is 0.415 e. The lowest BCUT2D eigenvalue weighted by Crippen LogP contribution is -2.51. The number of carbonyl (C=O) groups excluding carboxylic acids is 8. The molecular formula is C67H83ClN10O14. The van der Waals surface area contributed by atoms with Crippen molar-refractivity contribution in [2.75, 3.05) is 115 Å². The Balaban J connectivity index is 0.917. The van der Waals surface area contributed by atoms with Crippen molar-refractivity contribution in [3.8, 4) is 11.5 Å². The summed E-state index contributed by atoms with van der Waals surface area (Å²) >= 11 is 6.69. The van der Waals surface area contributed by atoms with Gasteiger partial charge in [0.15, 0.2) is 0 Å². The molecule has 24 nitrogen and oxygen atoms in total. The number of likely N-dealkylation sites (N-methyl/N-ethyl adjacent to an activating group) is 2. The minimum Gasteiger partial charge on any atom is -0.508 e. The second-order valence-electron chi connectivity index (χ2n) is 24.6. The molecule has 492 valence electrons. The Morgan fingerprint density at radius 2 is 1.46 bits per heavy atom. The number of hydrogen-bond acceptors (Lipinski definition) is 16. The summed E-state index contributed by atoms with van der Waals surface area (Å²) in [7, 11) is 5.16. The summed E-state index contributed by atoms with van der Waals surface area (Å²) in [6.45, 7) is 14.5. The van der Waals surface area contributed by atoms with E-state index in [1.165, 1.54) is 46.0 Å². The van der Waals surface area contributed by atoms with Crippen LogP contribution in [-0.4, -0.2) is 193 Å². The summed E-state index contributed by atoms with van der Waals surface area (Å²) in [5, 5.41) is 19.5. The van der Waals surface area contributed by atoms with Gasteiger partial charge in [-0.2, -0.15) is 0 Å². The number of alkyl halides is 1. The van der Waals surface area contributed by atoms with E-state index in [9.17, 15) is 43.5 Å². The predicted molar refractivity (Wildman–Crippen MR) is 347 cm³/mol. The molecule has 4 N–H and O–H groups in total. The quantitative estimate of drug-likeness (QED) is 0.0204.